The van der Waals surface area contributed by atoms with Gasteiger partial charge in [0.1, 0.15) is 10.7 Å². The fourth-order valence-electron chi connectivity index (χ4n) is 1.49. The first-order valence-corrected chi connectivity index (χ1v) is 6.42. The molecule has 0 aliphatic heterocycles. The van der Waals surface area contributed by atoms with Gasteiger partial charge in [-0.2, -0.15) is 0 Å². The normalized spacial score (nSPS) is 11.7. The van der Waals surface area contributed by atoms with Crippen LogP contribution in [0.2, 0.25) is 0 Å². The van der Waals surface area contributed by atoms with Crippen molar-refractivity contribution in [2.45, 2.75) is 32.6 Å². The van der Waals surface area contributed by atoms with Crippen LogP contribution >= 0.6 is 0 Å². The number of nitrogens with zero attached hydrogens (tertiary/aromatic N) is 1. The smallest absolute Gasteiger partial charge is 0.182 e. The van der Waals surface area contributed by atoms with Crippen molar-refractivity contribution in [2.24, 2.45) is 0 Å². The maximum atomic E-state index is 11.8. The van der Waals surface area contributed by atoms with Gasteiger partial charge in [0, 0.05) is 5.69 Å². The highest BCUT2D eigenvalue weighted by Crippen LogP contribution is 2.26. The fraction of sp³-hybridized carbons (Fsp3) is 0.500. The number of hydrogen-bond donors (Lipinski definition) is 1. The van der Waals surface area contributed by atoms with E-state index in [4.69, 9.17) is 5.73 Å². The second kappa shape index (κ2) is 3.81. The molecule has 0 saturated carbocycles. The monoisotopic (exact) mass is 228 g/mol. The molecule has 0 aromatic carbocycles. The highest BCUT2D eigenvalue weighted by molar-refractivity contribution is 7.91. The Morgan fingerprint density at radius 1 is 1.20 bits per heavy atom. The van der Waals surface area contributed by atoms with Gasteiger partial charge in [-0.15, -0.1) is 0 Å². The van der Waals surface area contributed by atoms with Gasteiger partial charge in [0.05, 0.1) is 5.75 Å². The molecule has 0 radical (unpaired) electrons. The molecule has 15 heavy (non-hydrogen) atoms. The maximum absolute atomic E-state index is 11.8. The first-order chi connectivity index (χ1) is 6.81. The zero-order valence-electron chi connectivity index (χ0n) is 9.46. The van der Waals surface area contributed by atoms with Crippen LogP contribution in [0, 0.1) is 20.8 Å². The SMILES string of the molecule is CCS(=O)(=O)c1c(N)nc(C)c(C)c1C. The Labute approximate surface area is 90.4 Å². The van der Waals surface area contributed by atoms with Gasteiger partial charge in [-0.3, -0.25) is 0 Å². The van der Waals surface area contributed by atoms with Crippen LogP contribution in [-0.2, 0) is 9.84 Å². The topological polar surface area (TPSA) is 73.0 Å². The summed E-state index contributed by atoms with van der Waals surface area (Å²) in [5.41, 5.74) is 8.04. The van der Waals surface area contributed by atoms with Gasteiger partial charge < -0.3 is 5.73 Å². The molecule has 0 aliphatic carbocycles. The predicted molar refractivity (Wildman–Crippen MR) is 60.6 cm³/mol. The summed E-state index contributed by atoms with van der Waals surface area (Å²) >= 11 is 0. The number of sulfone groups is 1. The lowest BCUT2D eigenvalue weighted by atomic mass is 10.1. The van der Waals surface area contributed by atoms with Crippen LogP contribution in [0.15, 0.2) is 4.90 Å². The van der Waals surface area contributed by atoms with Crippen LogP contribution in [0.25, 0.3) is 0 Å². The summed E-state index contributed by atoms with van der Waals surface area (Å²) in [5, 5.41) is 0. The molecule has 84 valence electrons. The Bertz CT molecular complexity index is 493. The molecule has 0 fully saturated rings. The third-order valence-electron chi connectivity index (χ3n) is 2.66. The quantitative estimate of drug-likeness (QED) is 0.830. The van der Waals surface area contributed by atoms with Gasteiger partial charge in [0.15, 0.2) is 9.84 Å². The van der Waals surface area contributed by atoms with Gasteiger partial charge in [0.2, 0.25) is 0 Å². The van der Waals surface area contributed by atoms with Crippen molar-refractivity contribution in [1.82, 2.24) is 4.98 Å². The van der Waals surface area contributed by atoms with Crippen molar-refractivity contribution in [3.63, 3.8) is 0 Å². The molecule has 0 unspecified atom stereocenters. The molecule has 1 aromatic heterocycles. The highest BCUT2D eigenvalue weighted by Gasteiger charge is 2.21. The number of hydrogen-bond acceptors (Lipinski definition) is 4. The van der Waals surface area contributed by atoms with Crippen molar-refractivity contribution in [1.29, 1.82) is 0 Å². The summed E-state index contributed by atoms with van der Waals surface area (Å²) in [5.74, 6) is 0.153. The third kappa shape index (κ3) is 1.97. The third-order valence-corrected chi connectivity index (χ3v) is 4.56. The Morgan fingerprint density at radius 3 is 2.20 bits per heavy atom. The molecule has 0 saturated heterocycles. The van der Waals surface area contributed by atoms with Crippen LogP contribution < -0.4 is 5.73 Å². The lowest BCUT2D eigenvalue weighted by Gasteiger charge is -2.12. The second-order valence-corrected chi connectivity index (χ2v) is 5.78. The predicted octanol–water partition coefficient (Wildman–Crippen LogP) is 1.38. The average molecular weight is 228 g/mol. The molecule has 0 bridgehead atoms. The largest absolute Gasteiger partial charge is 0.383 e. The molecular formula is C10H16N2O2S. The molecule has 4 nitrogen and oxygen atoms in total. The number of aryl methyl sites for hydroxylation is 1. The summed E-state index contributed by atoms with van der Waals surface area (Å²) in [6, 6.07) is 0. The number of rotatable bonds is 2. The number of pyridine rings is 1. The highest BCUT2D eigenvalue weighted by atomic mass is 32.2. The molecule has 0 aliphatic rings. The Balaban J connectivity index is 3.65. The molecule has 5 heteroatoms. The van der Waals surface area contributed by atoms with Gasteiger partial charge >= 0.3 is 0 Å². The Kier molecular flexibility index (Phi) is 3.04. The van der Waals surface area contributed by atoms with Crippen molar-refractivity contribution in [3.8, 4) is 0 Å². The van der Waals surface area contributed by atoms with Gasteiger partial charge in [-0.25, -0.2) is 13.4 Å². The van der Waals surface area contributed by atoms with E-state index >= 15 is 0 Å². The van der Waals surface area contributed by atoms with E-state index < -0.39 is 9.84 Å². The minimum Gasteiger partial charge on any atom is -0.383 e. The molecule has 0 amide bonds. The van der Waals surface area contributed by atoms with Crippen LogP contribution in [0.4, 0.5) is 5.82 Å². The van der Waals surface area contributed by atoms with Crippen LogP contribution in [0.1, 0.15) is 23.7 Å². The minimum absolute atomic E-state index is 0.0439. The number of nitrogen functional groups attached to an aromatic ring is 1. The minimum atomic E-state index is -3.29. The first-order valence-electron chi connectivity index (χ1n) is 4.77. The fourth-order valence-corrected chi connectivity index (χ4v) is 2.76. The molecule has 0 atom stereocenters. The van der Waals surface area contributed by atoms with Crippen molar-refractivity contribution >= 4 is 15.7 Å². The van der Waals surface area contributed by atoms with E-state index in [1.54, 1.807) is 13.8 Å². The number of aromatic nitrogens is 1. The van der Waals surface area contributed by atoms with E-state index in [9.17, 15) is 8.42 Å². The van der Waals surface area contributed by atoms with E-state index in [0.29, 0.717) is 5.56 Å². The van der Waals surface area contributed by atoms with Crippen LogP contribution in [0.3, 0.4) is 0 Å². The molecule has 1 heterocycles. The standard InChI is InChI=1S/C10H16N2O2S/c1-5-15(13,14)9-7(3)6(2)8(4)12-10(9)11/h5H2,1-4H3,(H2,11,12). The average Bonchev–Trinajstić information content (AvgIpc) is 2.14. The lowest BCUT2D eigenvalue weighted by Crippen LogP contribution is -2.12. The van der Waals surface area contributed by atoms with E-state index in [2.05, 4.69) is 4.98 Å². The van der Waals surface area contributed by atoms with Gasteiger partial charge in [-0.1, -0.05) is 6.92 Å². The van der Waals surface area contributed by atoms with Crippen LogP contribution in [0.5, 0.6) is 0 Å². The molecule has 1 aromatic rings. The maximum Gasteiger partial charge on any atom is 0.182 e. The summed E-state index contributed by atoms with van der Waals surface area (Å²) < 4.78 is 23.6. The Hall–Kier alpha value is -1.10. The van der Waals surface area contributed by atoms with E-state index in [0.717, 1.165) is 11.3 Å². The summed E-state index contributed by atoms with van der Waals surface area (Å²) in [6.07, 6.45) is 0. The lowest BCUT2D eigenvalue weighted by molar-refractivity contribution is 0.596. The van der Waals surface area contributed by atoms with Crippen molar-refractivity contribution < 1.29 is 8.42 Å². The summed E-state index contributed by atoms with van der Waals surface area (Å²) in [4.78, 5) is 4.23. The van der Waals surface area contributed by atoms with E-state index in [1.165, 1.54) is 0 Å². The zero-order chi connectivity index (χ0) is 11.8. The van der Waals surface area contributed by atoms with E-state index in [-0.39, 0.29) is 16.5 Å². The van der Waals surface area contributed by atoms with Crippen LogP contribution in [-0.4, -0.2) is 19.2 Å². The molecule has 0 spiro atoms. The van der Waals surface area contributed by atoms with Gasteiger partial charge in [0.25, 0.3) is 0 Å². The first kappa shape index (κ1) is 12.0. The van der Waals surface area contributed by atoms with Crippen molar-refractivity contribution in [2.75, 3.05) is 11.5 Å². The molecular weight excluding hydrogens is 212 g/mol. The molecule has 2 N–H and O–H groups in total. The second-order valence-electron chi connectivity index (χ2n) is 3.57. The summed E-state index contributed by atoms with van der Waals surface area (Å²) in [7, 11) is -3.29. The summed E-state index contributed by atoms with van der Waals surface area (Å²) in [6.45, 7) is 7.04. The van der Waals surface area contributed by atoms with Crippen molar-refractivity contribution in [3.05, 3.63) is 16.8 Å². The zero-order valence-corrected chi connectivity index (χ0v) is 10.3. The number of anilines is 1. The molecule has 1 rings (SSSR count). The Morgan fingerprint density at radius 2 is 1.73 bits per heavy atom. The van der Waals surface area contributed by atoms with E-state index in [1.807, 2.05) is 13.8 Å². The van der Waals surface area contributed by atoms with Gasteiger partial charge in [-0.05, 0) is 31.9 Å². The number of nitrogens with two attached hydrogens (primary N) is 1.